The van der Waals surface area contributed by atoms with Crippen molar-refractivity contribution in [1.82, 2.24) is 0 Å². The van der Waals surface area contributed by atoms with E-state index in [-0.39, 0.29) is 12.5 Å². The van der Waals surface area contributed by atoms with Crippen LogP contribution in [0, 0.1) is 17.0 Å². The van der Waals surface area contributed by atoms with Crippen molar-refractivity contribution in [2.45, 2.75) is 13.5 Å². The third-order valence-electron chi connectivity index (χ3n) is 3.41. The topological polar surface area (TPSA) is 73.6 Å². The lowest BCUT2D eigenvalue weighted by atomic mass is 10.1. The Morgan fingerprint density at radius 2 is 2.00 bits per heavy atom. The Balaban J connectivity index is 1.85. The van der Waals surface area contributed by atoms with Crippen LogP contribution < -0.4 is 14.8 Å². The van der Waals surface area contributed by atoms with Gasteiger partial charge in [0.05, 0.1) is 16.6 Å². The molecular formula is C15H13BrN2O4. The quantitative estimate of drug-likeness (QED) is 0.655. The lowest BCUT2D eigenvalue weighted by Gasteiger charge is -2.09. The van der Waals surface area contributed by atoms with Crippen molar-refractivity contribution in [1.29, 1.82) is 0 Å². The molecule has 2 aromatic carbocycles. The first-order chi connectivity index (χ1) is 10.5. The van der Waals surface area contributed by atoms with Crippen molar-refractivity contribution < 1.29 is 14.4 Å². The summed E-state index contributed by atoms with van der Waals surface area (Å²) in [5, 5.41) is 14.4. The highest BCUT2D eigenvalue weighted by Gasteiger charge is 2.23. The molecule has 0 saturated heterocycles. The maximum atomic E-state index is 11.2. The molecule has 114 valence electrons. The minimum Gasteiger partial charge on any atom is -0.454 e. The number of nitro benzene ring substituents is 1. The van der Waals surface area contributed by atoms with E-state index >= 15 is 0 Å². The lowest BCUT2D eigenvalue weighted by molar-refractivity contribution is -0.385. The highest BCUT2D eigenvalue weighted by atomic mass is 79.9. The first-order valence-electron chi connectivity index (χ1n) is 6.61. The second-order valence-electron chi connectivity index (χ2n) is 4.91. The molecule has 0 unspecified atom stereocenters. The van der Waals surface area contributed by atoms with Crippen LogP contribution >= 0.6 is 15.9 Å². The molecule has 22 heavy (non-hydrogen) atoms. The van der Waals surface area contributed by atoms with Crippen LogP contribution in [0.1, 0.15) is 11.1 Å². The zero-order chi connectivity index (χ0) is 15.7. The Labute approximate surface area is 135 Å². The first-order valence-corrected chi connectivity index (χ1v) is 7.41. The number of nitrogens with one attached hydrogen (secondary N) is 1. The molecular weight excluding hydrogens is 352 g/mol. The Morgan fingerprint density at radius 1 is 1.27 bits per heavy atom. The van der Waals surface area contributed by atoms with Gasteiger partial charge in [0.1, 0.15) is 0 Å². The van der Waals surface area contributed by atoms with Gasteiger partial charge in [0, 0.05) is 16.7 Å². The molecule has 6 nitrogen and oxygen atoms in total. The fourth-order valence-electron chi connectivity index (χ4n) is 2.24. The van der Waals surface area contributed by atoms with Crippen molar-refractivity contribution >= 4 is 27.3 Å². The molecule has 0 fully saturated rings. The lowest BCUT2D eigenvalue weighted by Crippen LogP contribution is -2.03. The number of rotatable bonds is 4. The van der Waals surface area contributed by atoms with Crippen molar-refractivity contribution in [3.05, 3.63) is 56.0 Å². The Hall–Kier alpha value is -2.28. The number of halogens is 1. The fraction of sp³-hybridized carbons (Fsp3) is 0.200. The van der Waals surface area contributed by atoms with Gasteiger partial charge >= 0.3 is 0 Å². The van der Waals surface area contributed by atoms with E-state index in [0.717, 1.165) is 15.7 Å². The van der Waals surface area contributed by atoms with Gasteiger partial charge in [-0.2, -0.15) is 0 Å². The molecule has 1 aliphatic heterocycles. The summed E-state index contributed by atoms with van der Waals surface area (Å²) in [6.07, 6.45) is 0. The largest absolute Gasteiger partial charge is 0.454 e. The van der Waals surface area contributed by atoms with Crippen LogP contribution in [0.25, 0.3) is 0 Å². The number of fused-ring (bicyclic) bond motifs is 1. The molecule has 1 N–H and O–H groups in total. The standard InChI is InChI=1S/C15H13BrN2O4/c1-9-4-11(2-3-12(9)16)17-7-10-5-14-15(22-8-21-14)6-13(10)18(19)20/h2-6,17H,7-8H2,1H3. The zero-order valence-electron chi connectivity index (χ0n) is 11.8. The Kier molecular flexibility index (Phi) is 3.89. The molecule has 0 amide bonds. The van der Waals surface area contributed by atoms with Crippen molar-refractivity contribution in [2.24, 2.45) is 0 Å². The summed E-state index contributed by atoms with van der Waals surface area (Å²) in [7, 11) is 0. The maximum Gasteiger partial charge on any atom is 0.278 e. The van der Waals surface area contributed by atoms with E-state index in [9.17, 15) is 10.1 Å². The highest BCUT2D eigenvalue weighted by molar-refractivity contribution is 9.10. The van der Waals surface area contributed by atoms with E-state index < -0.39 is 4.92 Å². The third kappa shape index (κ3) is 2.85. The zero-order valence-corrected chi connectivity index (χ0v) is 13.3. The maximum absolute atomic E-state index is 11.2. The van der Waals surface area contributed by atoms with Crippen LogP contribution in [-0.2, 0) is 6.54 Å². The molecule has 3 rings (SSSR count). The second-order valence-corrected chi connectivity index (χ2v) is 5.76. The molecule has 0 aromatic heterocycles. The molecule has 0 bridgehead atoms. The average Bonchev–Trinajstić information content (AvgIpc) is 2.94. The van der Waals surface area contributed by atoms with Gasteiger partial charge in [0.2, 0.25) is 6.79 Å². The highest BCUT2D eigenvalue weighted by Crippen LogP contribution is 2.38. The minimum absolute atomic E-state index is 0.0191. The molecule has 0 aliphatic carbocycles. The number of hydrogen-bond acceptors (Lipinski definition) is 5. The van der Waals surface area contributed by atoms with Gasteiger partial charge in [-0.15, -0.1) is 0 Å². The number of benzene rings is 2. The summed E-state index contributed by atoms with van der Waals surface area (Å²) in [6.45, 7) is 2.40. The molecule has 0 radical (unpaired) electrons. The van der Waals surface area contributed by atoms with E-state index in [4.69, 9.17) is 9.47 Å². The van der Waals surface area contributed by atoms with Gasteiger partial charge in [0.25, 0.3) is 5.69 Å². The molecule has 1 heterocycles. The van der Waals surface area contributed by atoms with Crippen LogP contribution in [-0.4, -0.2) is 11.7 Å². The predicted octanol–water partition coefficient (Wildman–Crippen LogP) is 4.01. The van der Waals surface area contributed by atoms with Gasteiger partial charge in [-0.25, -0.2) is 0 Å². The van der Waals surface area contributed by atoms with E-state index in [1.165, 1.54) is 6.07 Å². The van der Waals surface area contributed by atoms with Gasteiger partial charge in [0.15, 0.2) is 11.5 Å². The fourth-order valence-corrected chi connectivity index (χ4v) is 2.48. The third-order valence-corrected chi connectivity index (χ3v) is 4.30. The molecule has 0 saturated carbocycles. The number of anilines is 1. The molecule has 2 aromatic rings. The smallest absolute Gasteiger partial charge is 0.278 e. The SMILES string of the molecule is Cc1cc(NCc2cc3c(cc2[N+](=O)[O-])OCO3)ccc1Br. The van der Waals surface area contributed by atoms with Gasteiger partial charge in [-0.1, -0.05) is 15.9 Å². The number of ether oxygens (including phenoxy) is 2. The Bertz CT molecular complexity index is 749. The normalized spacial score (nSPS) is 12.3. The van der Waals surface area contributed by atoms with E-state index in [2.05, 4.69) is 21.2 Å². The Morgan fingerprint density at radius 3 is 2.68 bits per heavy atom. The van der Waals surface area contributed by atoms with Gasteiger partial charge in [-0.3, -0.25) is 10.1 Å². The van der Waals surface area contributed by atoms with Crippen LogP contribution in [0.15, 0.2) is 34.8 Å². The molecule has 0 atom stereocenters. The summed E-state index contributed by atoms with van der Waals surface area (Å²) in [5.41, 5.74) is 2.55. The van der Waals surface area contributed by atoms with Crippen molar-refractivity contribution in [3.63, 3.8) is 0 Å². The predicted molar refractivity (Wildman–Crippen MR) is 85.4 cm³/mol. The van der Waals surface area contributed by atoms with Crippen LogP contribution in [0.4, 0.5) is 11.4 Å². The van der Waals surface area contributed by atoms with E-state index in [1.54, 1.807) is 6.07 Å². The minimum atomic E-state index is -0.411. The summed E-state index contributed by atoms with van der Waals surface area (Å²) in [4.78, 5) is 10.8. The molecule has 7 heteroatoms. The van der Waals surface area contributed by atoms with Gasteiger partial charge in [-0.05, 0) is 36.8 Å². The van der Waals surface area contributed by atoms with Crippen LogP contribution in [0.2, 0.25) is 0 Å². The molecule has 1 aliphatic rings. The van der Waals surface area contributed by atoms with Crippen molar-refractivity contribution in [3.8, 4) is 11.5 Å². The summed E-state index contributed by atoms with van der Waals surface area (Å²) >= 11 is 3.44. The van der Waals surface area contributed by atoms with Crippen molar-refractivity contribution in [2.75, 3.05) is 12.1 Å². The van der Waals surface area contributed by atoms with Crippen LogP contribution in [0.5, 0.6) is 11.5 Å². The molecule has 0 spiro atoms. The van der Waals surface area contributed by atoms with Gasteiger partial charge < -0.3 is 14.8 Å². The number of hydrogen-bond donors (Lipinski definition) is 1. The van der Waals surface area contributed by atoms with Crippen LogP contribution in [0.3, 0.4) is 0 Å². The number of nitrogens with zero attached hydrogens (tertiary/aromatic N) is 1. The number of nitro groups is 1. The number of aryl methyl sites for hydroxylation is 1. The summed E-state index contributed by atoms with van der Waals surface area (Å²) in [6, 6.07) is 8.88. The first kappa shape index (κ1) is 14.6. The average molecular weight is 365 g/mol. The van der Waals surface area contributed by atoms with E-state index in [0.29, 0.717) is 23.6 Å². The monoisotopic (exact) mass is 364 g/mol. The second kappa shape index (κ2) is 5.84. The summed E-state index contributed by atoms with van der Waals surface area (Å²) in [5.74, 6) is 0.948. The summed E-state index contributed by atoms with van der Waals surface area (Å²) < 4.78 is 11.5. The van der Waals surface area contributed by atoms with E-state index in [1.807, 2.05) is 25.1 Å².